The number of nitrogens with zero attached hydrogens (tertiary/aromatic N) is 3. The molecular weight excluding hydrogens is 283 g/mol. The molecule has 0 radical (unpaired) electrons. The van der Waals surface area contributed by atoms with E-state index in [0.29, 0.717) is 24.4 Å². The van der Waals surface area contributed by atoms with E-state index in [0.717, 1.165) is 24.4 Å². The summed E-state index contributed by atoms with van der Waals surface area (Å²) in [7, 11) is 0. The van der Waals surface area contributed by atoms with Gasteiger partial charge in [0.05, 0.1) is 5.56 Å². The highest BCUT2D eigenvalue weighted by Gasteiger charge is 2.30. The van der Waals surface area contributed by atoms with E-state index in [1.165, 1.54) is 12.1 Å². The minimum atomic E-state index is -4.34. The van der Waals surface area contributed by atoms with Gasteiger partial charge in [0.25, 0.3) is 0 Å². The number of hydrogen-bond donors (Lipinski definition) is 1. The molecule has 0 saturated heterocycles. The molecule has 3 rings (SSSR count). The summed E-state index contributed by atoms with van der Waals surface area (Å²) in [6.07, 6.45) is -2.88. The van der Waals surface area contributed by atoms with Crippen LogP contribution in [0.25, 0.3) is 11.4 Å². The van der Waals surface area contributed by atoms with Gasteiger partial charge in [-0.1, -0.05) is 12.1 Å². The van der Waals surface area contributed by atoms with Gasteiger partial charge in [-0.25, -0.2) is 0 Å². The van der Waals surface area contributed by atoms with Gasteiger partial charge in [0, 0.05) is 25.1 Å². The maximum atomic E-state index is 12.6. The number of halogens is 3. The van der Waals surface area contributed by atoms with E-state index in [9.17, 15) is 18.3 Å². The van der Waals surface area contributed by atoms with Crippen LogP contribution in [0.2, 0.25) is 0 Å². The highest BCUT2D eigenvalue weighted by Crippen LogP contribution is 2.31. The molecule has 2 heterocycles. The zero-order valence-electron chi connectivity index (χ0n) is 11.1. The van der Waals surface area contributed by atoms with E-state index in [-0.39, 0.29) is 12.5 Å². The summed E-state index contributed by atoms with van der Waals surface area (Å²) in [6, 6.07) is 4.93. The highest BCUT2D eigenvalue weighted by molar-refractivity contribution is 5.56. The van der Waals surface area contributed by atoms with Crippen molar-refractivity contribution in [2.45, 2.75) is 25.6 Å². The first-order valence-corrected chi connectivity index (χ1v) is 6.69. The van der Waals surface area contributed by atoms with Gasteiger partial charge in [-0.3, -0.25) is 0 Å². The number of aromatic nitrogens is 3. The van der Waals surface area contributed by atoms with Crippen LogP contribution in [0, 0.1) is 5.92 Å². The van der Waals surface area contributed by atoms with Gasteiger partial charge in [-0.05, 0) is 24.5 Å². The molecule has 1 N–H and O–H groups in total. The van der Waals surface area contributed by atoms with Crippen LogP contribution in [0.4, 0.5) is 13.2 Å². The molecule has 1 aliphatic rings. The first-order chi connectivity index (χ1) is 9.99. The Balaban J connectivity index is 1.90. The molecule has 21 heavy (non-hydrogen) atoms. The second kappa shape index (κ2) is 5.14. The fraction of sp³-hybridized carbons (Fsp3) is 0.429. The second-order valence-electron chi connectivity index (χ2n) is 5.21. The average Bonchev–Trinajstić information content (AvgIpc) is 2.89. The maximum Gasteiger partial charge on any atom is 0.416 e. The third-order valence-electron chi connectivity index (χ3n) is 3.79. The van der Waals surface area contributed by atoms with Gasteiger partial charge in [0.15, 0.2) is 5.82 Å². The van der Waals surface area contributed by atoms with Crippen molar-refractivity contribution >= 4 is 0 Å². The van der Waals surface area contributed by atoms with E-state index >= 15 is 0 Å². The Hall–Kier alpha value is -1.89. The van der Waals surface area contributed by atoms with Crippen LogP contribution in [0.1, 0.15) is 17.8 Å². The van der Waals surface area contributed by atoms with Crippen LogP contribution in [-0.2, 0) is 19.1 Å². The minimum absolute atomic E-state index is 0.114. The van der Waals surface area contributed by atoms with Crippen molar-refractivity contribution in [3.8, 4) is 11.4 Å². The summed E-state index contributed by atoms with van der Waals surface area (Å²) >= 11 is 0. The SMILES string of the molecule is OCC1CCn2c(nnc2-c2ccc(C(F)(F)F)cc2)C1. The van der Waals surface area contributed by atoms with Crippen LogP contribution in [0.15, 0.2) is 24.3 Å². The molecule has 1 atom stereocenters. The van der Waals surface area contributed by atoms with Crippen LogP contribution >= 0.6 is 0 Å². The zero-order valence-corrected chi connectivity index (χ0v) is 11.1. The smallest absolute Gasteiger partial charge is 0.396 e. The van der Waals surface area contributed by atoms with Crippen molar-refractivity contribution in [2.24, 2.45) is 5.92 Å². The van der Waals surface area contributed by atoms with Crippen molar-refractivity contribution in [1.29, 1.82) is 0 Å². The Bertz CT molecular complexity index is 634. The van der Waals surface area contributed by atoms with Crippen LogP contribution in [-0.4, -0.2) is 26.5 Å². The van der Waals surface area contributed by atoms with E-state index in [2.05, 4.69) is 10.2 Å². The minimum Gasteiger partial charge on any atom is -0.396 e. The third-order valence-corrected chi connectivity index (χ3v) is 3.79. The molecule has 1 aromatic carbocycles. The van der Waals surface area contributed by atoms with E-state index in [4.69, 9.17) is 0 Å². The third kappa shape index (κ3) is 2.65. The summed E-state index contributed by atoms with van der Waals surface area (Å²) in [5.41, 5.74) is -0.0609. The molecular formula is C14H14F3N3O. The van der Waals surface area contributed by atoms with Gasteiger partial charge in [-0.2, -0.15) is 13.2 Å². The number of fused-ring (bicyclic) bond motifs is 1. The Morgan fingerprint density at radius 1 is 1.19 bits per heavy atom. The molecule has 1 unspecified atom stereocenters. The van der Waals surface area contributed by atoms with E-state index < -0.39 is 11.7 Å². The van der Waals surface area contributed by atoms with Crippen molar-refractivity contribution in [1.82, 2.24) is 14.8 Å². The van der Waals surface area contributed by atoms with Crippen LogP contribution in [0.3, 0.4) is 0 Å². The lowest BCUT2D eigenvalue weighted by atomic mass is 9.98. The molecule has 0 aliphatic carbocycles. The van der Waals surface area contributed by atoms with Crippen LogP contribution in [0.5, 0.6) is 0 Å². The molecule has 0 fully saturated rings. The second-order valence-corrected chi connectivity index (χ2v) is 5.21. The lowest BCUT2D eigenvalue weighted by Gasteiger charge is -2.21. The average molecular weight is 297 g/mol. The van der Waals surface area contributed by atoms with Gasteiger partial charge < -0.3 is 9.67 Å². The summed E-state index contributed by atoms with van der Waals surface area (Å²) in [5, 5.41) is 17.3. The molecule has 112 valence electrons. The van der Waals surface area contributed by atoms with Crippen LogP contribution < -0.4 is 0 Å². The monoisotopic (exact) mass is 297 g/mol. The number of benzene rings is 1. The highest BCUT2D eigenvalue weighted by atomic mass is 19.4. The molecule has 2 aromatic rings. The Labute approximate surface area is 119 Å². The number of alkyl halides is 3. The van der Waals surface area contributed by atoms with E-state index in [1.807, 2.05) is 4.57 Å². The fourth-order valence-electron chi connectivity index (χ4n) is 2.57. The first-order valence-electron chi connectivity index (χ1n) is 6.69. The number of aliphatic hydroxyl groups is 1. The number of aliphatic hydroxyl groups excluding tert-OH is 1. The quantitative estimate of drug-likeness (QED) is 0.926. The predicted octanol–water partition coefficient (Wildman–Crippen LogP) is 2.52. The largest absolute Gasteiger partial charge is 0.416 e. The van der Waals surface area contributed by atoms with E-state index in [1.54, 1.807) is 0 Å². The zero-order chi connectivity index (χ0) is 15.0. The summed E-state index contributed by atoms with van der Waals surface area (Å²) < 4.78 is 39.6. The summed E-state index contributed by atoms with van der Waals surface area (Å²) in [5.74, 6) is 1.53. The maximum absolute atomic E-state index is 12.6. The Kier molecular flexibility index (Phi) is 3.44. The summed E-state index contributed by atoms with van der Waals surface area (Å²) in [6.45, 7) is 0.784. The van der Waals surface area contributed by atoms with Gasteiger partial charge in [0.2, 0.25) is 0 Å². The van der Waals surface area contributed by atoms with Crippen molar-refractivity contribution in [3.63, 3.8) is 0 Å². The fourth-order valence-corrected chi connectivity index (χ4v) is 2.57. The topological polar surface area (TPSA) is 50.9 Å². The molecule has 0 bridgehead atoms. The lowest BCUT2D eigenvalue weighted by molar-refractivity contribution is -0.137. The normalized spacial score (nSPS) is 18.6. The lowest BCUT2D eigenvalue weighted by Crippen LogP contribution is -2.22. The Morgan fingerprint density at radius 2 is 1.90 bits per heavy atom. The number of rotatable bonds is 2. The molecule has 0 saturated carbocycles. The molecule has 7 heteroatoms. The predicted molar refractivity (Wildman–Crippen MR) is 69.4 cm³/mol. The molecule has 0 amide bonds. The number of hydrogen-bond acceptors (Lipinski definition) is 3. The van der Waals surface area contributed by atoms with Gasteiger partial charge in [-0.15, -0.1) is 10.2 Å². The molecule has 1 aliphatic heterocycles. The summed E-state index contributed by atoms with van der Waals surface area (Å²) in [4.78, 5) is 0. The molecule has 0 spiro atoms. The molecule has 1 aromatic heterocycles. The first kappa shape index (κ1) is 14.1. The standard InChI is InChI=1S/C14H14F3N3O/c15-14(16,17)11-3-1-10(2-4-11)13-19-18-12-7-9(8-21)5-6-20(12)13/h1-4,9,21H,5-8H2. The van der Waals surface area contributed by atoms with Crippen molar-refractivity contribution in [2.75, 3.05) is 6.61 Å². The van der Waals surface area contributed by atoms with Crippen molar-refractivity contribution in [3.05, 3.63) is 35.7 Å². The molecule has 4 nitrogen and oxygen atoms in total. The van der Waals surface area contributed by atoms with Gasteiger partial charge in [0.1, 0.15) is 5.82 Å². The Morgan fingerprint density at radius 3 is 2.52 bits per heavy atom. The van der Waals surface area contributed by atoms with Crippen molar-refractivity contribution < 1.29 is 18.3 Å². The van der Waals surface area contributed by atoms with Gasteiger partial charge >= 0.3 is 6.18 Å².